The van der Waals surface area contributed by atoms with Gasteiger partial charge >= 0.3 is 0 Å². The molecular formula is C18H27ClN2O4S. The molecule has 26 heavy (non-hydrogen) atoms. The number of ether oxygens (including phenoxy) is 1. The number of hydrogen-bond acceptors (Lipinski definition) is 5. The van der Waals surface area contributed by atoms with Crippen molar-refractivity contribution in [1.29, 1.82) is 0 Å². The van der Waals surface area contributed by atoms with Crippen molar-refractivity contribution in [2.45, 2.75) is 49.5 Å². The van der Waals surface area contributed by atoms with E-state index < -0.39 is 20.5 Å². The molecule has 1 fully saturated rings. The molecule has 1 N–H and O–H groups in total. The molecule has 146 valence electrons. The fourth-order valence-electron chi connectivity index (χ4n) is 3.04. The van der Waals surface area contributed by atoms with E-state index in [9.17, 15) is 13.2 Å². The first-order chi connectivity index (χ1) is 12.0. The molecule has 8 heteroatoms. The second-order valence-corrected chi connectivity index (χ2v) is 10.2. The molecular weight excluding hydrogens is 376 g/mol. The van der Waals surface area contributed by atoms with Gasteiger partial charge in [0.15, 0.2) is 9.84 Å². The predicted octanol–water partition coefficient (Wildman–Crippen LogP) is 2.12. The molecule has 6 nitrogen and oxygen atoms in total. The van der Waals surface area contributed by atoms with Crippen molar-refractivity contribution in [3.05, 3.63) is 29.3 Å². The summed E-state index contributed by atoms with van der Waals surface area (Å²) in [7, 11) is -3.83. The number of sulfone groups is 1. The van der Waals surface area contributed by atoms with Crippen LogP contribution in [0.5, 0.6) is 0 Å². The number of nitrogens with one attached hydrogen (secondary N) is 1. The molecule has 2 rings (SSSR count). The molecule has 0 saturated carbocycles. The van der Waals surface area contributed by atoms with Crippen LogP contribution in [0, 0.1) is 0 Å². The number of nitrogens with zero attached hydrogens (tertiary/aromatic N) is 1. The molecule has 0 unspecified atom stereocenters. The number of hydrogen-bond donors (Lipinski definition) is 1. The lowest BCUT2D eigenvalue weighted by molar-refractivity contribution is -0.123. The Hall–Kier alpha value is -1.15. The molecule has 1 aromatic carbocycles. The van der Waals surface area contributed by atoms with Crippen LogP contribution in [0.1, 0.15) is 27.7 Å². The summed E-state index contributed by atoms with van der Waals surface area (Å²) in [4.78, 5) is 14.9. The van der Waals surface area contributed by atoms with Crippen LogP contribution in [0.3, 0.4) is 0 Å². The number of benzene rings is 1. The summed E-state index contributed by atoms with van der Waals surface area (Å²) in [5.41, 5.74) is 0. The summed E-state index contributed by atoms with van der Waals surface area (Å²) in [5.74, 6) is -0.512. The molecule has 1 amide bonds. The van der Waals surface area contributed by atoms with Crippen LogP contribution in [0.2, 0.25) is 5.02 Å². The Labute approximate surface area is 160 Å². The molecule has 0 aromatic heterocycles. The molecule has 1 aliphatic heterocycles. The highest BCUT2D eigenvalue weighted by Gasteiger charge is 2.42. The number of carbonyl (C=O) groups excluding carboxylic acids is 1. The topological polar surface area (TPSA) is 75.7 Å². The third kappa shape index (κ3) is 4.76. The van der Waals surface area contributed by atoms with Crippen molar-refractivity contribution in [2.24, 2.45) is 0 Å². The summed E-state index contributed by atoms with van der Waals surface area (Å²) >= 11 is 5.81. The average molecular weight is 403 g/mol. The Balaban J connectivity index is 1.97. The van der Waals surface area contributed by atoms with Gasteiger partial charge in [0, 0.05) is 31.2 Å². The zero-order valence-electron chi connectivity index (χ0n) is 15.7. The van der Waals surface area contributed by atoms with Crippen LogP contribution in [-0.4, -0.2) is 62.4 Å². The maximum atomic E-state index is 12.8. The van der Waals surface area contributed by atoms with Gasteiger partial charge in [-0.15, -0.1) is 0 Å². The molecule has 0 radical (unpaired) electrons. The molecule has 1 aromatic rings. The van der Waals surface area contributed by atoms with Crippen LogP contribution in [-0.2, 0) is 19.4 Å². The summed E-state index contributed by atoms with van der Waals surface area (Å²) in [5, 5.41) is 3.21. The van der Waals surface area contributed by atoms with E-state index in [4.69, 9.17) is 16.3 Å². The fraction of sp³-hybridized carbons (Fsp3) is 0.611. The molecule has 1 saturated heterocycles. The van der Waals surface area contributed by atoms with Gasteiger partial charge in [-0.3, -0.25) is 9.69 Å². The van der Waals surface area contributed by atoms with Crippen molar-refractivity contribution < 1.29 is 17.9 Å². The minimum atomic E-state index is -3.83. The van der Waals surface area contributed by atoms with Gasteiger partial charge in [-0.2, -0.15) is 0 Å². The smallest absolute Gasteiger partial charge is 0.241 e. The Morgan fingerprint density at radius 2 is 1.77 bits per heavy atom. The Kier molecular flexibility index (Phi) is 6.71. The van der Waals surface area contributed by atoms with Crippen LogP contribution < -0.4 is 5.32 Å². The van der Waals surface area contributed by atoms with E-state index in [0.717, 1.165) is 13.1 Å². The molecule has 0 spiro atoms. The van der Waals surface area contributed by atoms with E-state index in [2.05, 4.69) is 10.2 Å². The quantitative estimate of drug-likeness (QED) is 0.788. The minimum Gasteiger partial charge on any atom is -0.373 e. The lowest BCUT2D eigenvalue weighted by Crippen LogP contribution is -2.51. The molecule has 1 heterocycles. The third-order valence-corrected chi connectivity index (χ3v) is 7.23. The van der Waals surface area contributed by atoms with E-state index in [-0.39, 0.29) is 17.1 Å². The number of amides is 1. The maximum Gasteiger partial charge on any atom is 0.241 e. The van der Waals surface area contributed by atoms with Crippen LogP contribution in [0.25, 0.3) is 0 Å². The largest absolute Gasteiger partial charge is 0.373 e. The lowest BCUT2D eigenvalue weighted by Gasteiger charge is -2.35. The van der Waals surface area contributed by atoms with E-state index in [0.29, 0.717) is 18.1 Å². The summed E-state index contributed by atoms with van der Waals surface area (Å²) in [6.07, 6.45) is 0.298. The summed E-state index contributed by atoms with van der Waals surface area (Å²) in [6.45, 7) is 9.51. The first-order valence-electron chi connectivity index (χ1n) is 8.70. The Bertz CT molecular complexity index is 724. The first-order valence-corrected chi connectivity index (χ1v) is 10.6. The van der Waals surface area contributed by atoms with Crippen molar-refractivity contribution in [1.82, 2.24) is 10.2 Å². The van der Waals surface area contributed by atoms with Crippen LogP contribution in [0.4, 0.5) is 0 Å². The molecule has 0 bridgehead atoms. The first kappa shape index (κ1) is 21.2. The van der Waals surface area contributed by atoms with Crippen molar-refractivity contribution in [3.63, 3.8) is 0 Å². The van der Waals surface area contributed by atoms with E-state index in [1.54, 1.807) is 0 Å². The van der Waals surface area contributed by atoms with E-state index in [1.807, 2.05) is 13.8 Å². The third-order valence-electron chi connectivity index (χ3n) is 4.55. The van der Waals surface area contributed by atoms with Gasteiger partial charge in [-0.25, -0.2) is 8.42 Å². The second kappa shape index (κ2) is 8.25. The molecule has 1 aliphatic rings. The van der Waals surface area contributed by atoms with Gasteiger partial charge in [-0.1, -0.05) is 11.6 Å². The highest BCUT2D eigenvalue weighted by atomic mass is 35.5. The van der Waals surface area contributed by atoms with Crippen LogP contribution >= 0.6 is 11.6 Å². The maximum absolute atomic E-state index is 12.8. The van der Waals surface area contributed by atoms with E-state index >= 15 is 0 Å². The number of morpholine rings is 1. The highest BCUT2D eigenvalue weighted by Crippen LogP contribution is 2.26. The lowest BCUT2D eigenvalue weighted by atomic mass is 10.2. The van der Waals surface area contributed by atoms with Crippen molar-refractivity contribution >= 4 is 27.3 Å². The SMILES string of the molecule is C[C@@H]1CN(CCNC(=O)C(C)(C)S(=O)(=O)c2ccc(Cl)cc2)C[C@H](C)O1. The monoisotopic (exact) mass is 402 g/mol. The van der Waals surface area contributed by atoms with Crippen molar-refractivity contribution in [2.75, 3.05) is 26.2 Å². The fourth-order valence-corrected chi connectivity index (χ4v) is 4.56. The number of rotatable bonds is 6. The number of halogens is 1. The van der Waals surface area contributed by atoms with Gasteiger partial charge in [0.1, 0.15) is 4.75 Å². The van der Waals surface area contributed by atoms with Gasteiger partial charge in [0.25, 0.3) is 0 Å². The van der Waals surface area contributed by atoms with Crippen LogP contribution in [0.15, 0.2) is 29.2 Å². The average Bonchev–Trinajstić information content (AvgIpc) is 2.54. The summed E-state index contributed by atoms with van der Waals surface area (Å²) < 4.78 is 29.8. The second-order valence-electron chi connectivity index (χ2n) is 7.24. The highest BCUT2D eigenvalue weighted by molar-refractivity contribution is 7.93. The predicted molar refractivity (Wildman–Crippen MR) is 102 cm³/mol. The molecule has 0 aliphatic carbocycles. The van der Waals surface area contributed by atoms with Gasteiger partial charge in [-0.05, 0) is 52.0 Å². The van der Waals surface area contributed by atoms with Gasteiger partial charge in [0.05, 0.1) is 17.1 Å². The zero-order valence-corrected chi connectivity index (χ0v) is 17.2. The van der Waals surface area contributed by atoms with Crippen molar-refractivity contribution in [3.8, 4) is 0 Å². The number of carbonyl (C=O) groups is 1. The summed E-state index contributed by atoms with van der Waals surface area (Å²) in [6, 6.07) is 5.85. The molecule has 2 atom stereocenters. The van der Waals surface area contributed by atoms with Gasteiger partial charge < -0.3 is 10.1 Å². The minimum absolute atomic E-state index is 0.0814. The normalized spacial score (nSPS) is 22.2. The van der Waals surface area contributed by atoms with E-state index in [1.165, 1.54) is 38.1 Å². The Morgan fingerprint density at radius 1 is 1.23 bits per heavy atom. The standard InChI is InChI=1S/C18H27ClN2O4S/c1-13-11-21(12-14(2)25-13)10-9-20-17(22)18(3,4)26(23,24)16-7-5-15(19)6-8-16/h5-8,13-14H,9-12H2,1-4H3,(H,20,22)/t13-,14+. The Morgan fingerprint density at radius 3 is 2.31 bits per heavy atom. The zero-order chi connectivity index (χ0) is 19.5. The van der Waals surface area contributed by atoms with Gasteiger partial charge in [0.2, 0.25) is 5.91 Å².